The molecule has 2 N–H and O–H groups in total. The zero-order chi connectivity index (χ0) is 18.8. The van der Waals surface area contributed by atoms with Gasteiger partial charge in [0.15, 0.2) is 0 Å². The van der Waals surface area contributed by atoms with Crippen LogP contribution in [0.3, 0.4) is 0 Å². The number of benzene rings is 2. The largest absolute Gasteiger partial charge is 0.340 e. The van der Waals surface area contributed by atoms with Crippen LogP contribution in [0.2, 0.25) is 0 Å². The van der Waals surface area contributed by atoms with Crippen LogP contribution in [-0.2, 0) is 16.0 Å². The van der Waals surface area contributed by atoms with Crippen LogP contribution in [0.15, 0.2) is 54.6 Å². The van der Waals surface area contributed by atoms with E-state index in [4.69, 9.17) is 5.73 Å². The van der Waals surface area contributed by atoms with E-state index in [1.807, 2.05) is 41.3 Å². The highest BCUT2D eigenvalue weighted by Gasteiger charge is 2.34. The summed E-state index contributed by atoms with van der Waals surface area (Å²) in [6.45, 7) is 1.65. The number of hydrogen-bond donors (Lipinski definition) is 1. The molecule has 0 spiro atoms. The number of para-hydroxylation sites is 1. The van der Waals surface area contributed by atoms with Gasteiger partial charge >= 0.3 is 0 Å². The Kier molecular flexibility index (Phi) is 6.37. The number of likely N-dealkylation sites (tertiary alicyclic amines) is 1. The summed E-state index contributed by atoms with van der Waals surface area (Å²) in [5, 5.41) is 0. The van der Waals surface area contributed by atoms with Crippen LogP contribution >= 0.6 is 12.4 Å². The van der Waals surface area contributed by atoms with E-state index in [0.29, 0.717) is 32.5 Å². The predicted octanol–water partition coefficient (Wildman–Crippen LogP) is 2.73. The van der Waals surface area contributed by atoms with E-state index in [9.17, 15) is 9.59 Å². The number of hydrogen-bond acceptors (Lipinski definition) is 3. The standard InChI is InChI=1S/C22H25N3O2.ClH/c23-19-15-24(14-18(19)16-6-2-1-3-7-16)21(26)12-13-25-20-9-5-4-8-17(20)10-11-22(25)27;/h1-9,18-19H,10-15,23H2;1H/t18-,19+;/m0./s1. The second-order valence-electron chi connectivity index (χ2n) is 7.40. The molecule has 2 aliphatic heterocycles. The Labute approximate surface area is 171 Å². The van der Waals surface area contributed by atoms with Gasteiger partial charge < -0.3 is 15.5 Å². The molecule has 5 nitrogen and oxygen atoms in total. The van der Waals surface area contributed by atoms with Gasteiger partial charge in [0.05, 0.1) is 0 Å². The van der Waals surface area contributed by atoms with E-state index in [1.165, 1.54) is 11.1 Å². The number of carbonyl (C=O) groups is 2. The molecule has 0 aromatic heterocycles. The second-order valence-corrected chi connectivity index (χ2v) is 7.40. The summed E-state index contributed by atoms with van der Waals surface area (Å²) in [6, 6.07) is 18.0. The summed E-state index contributed by atoms with van der Waals surface area (Å²) in [5.41, 5.74) is 9.61. The number of fused-ring (bicyclic) bond motifs is 1. The van der Waals surface area contributed by atoms with Gasteiger partial charge in [-0.25, -0.2) is 0 Å². The van der Waals surface area contributed by atoms with Crippen LogP contribution in [0.25, 0.3) is 0 Å². The summed E-state index contributed by atoms with van der Waals surface area (Å²) in [5.74, 6) is 0.342. The molecule has 0 bridgehead atoms. The van der Waals surface area contributed by atoms with Crippen molar-refractivity contribution >= 4 is 29.9 Å². The Morgan fingerprint density at radius 1 is 1.00 bits per heavy atom. The zero-order valence-corrected chi connectivity index (χ0v) is 16.6. The van der Waals surface area contributed by atoms with Crippen molar-refractivity contribution in [2.24, 2.45) is 5.73 Å². The van der Waals surface area contributed by atoms with Crippen molar-refractivity contribution in [2.75, 3.05) is 24.5 Å². The third-order valence-corrected chi connectivity index (χ3v) is 5.69. The first-order valence-corrected chi connectivity index (χ1v) is 9.60. The van der Waals surface area contributed by atoms with Crippen molar-refractivity contribution in [1.82, 2.24) is 4.90 Å². The molecule has 2 atom stereocenters. The molecule has 0 saturated carbocycles. The number of nitrogens with zero attached hydrogens (tertiary/aromatic N) is 2. The second kappa shape index (κ2) is 8.76. The molecular formula is C22H26ClN3O2. The van der Waals surface area contributed by atoms with Gasteiger partial charge in [-0.2, -0.15) is 0 Å². The van der Waals surface area contributed by atoms with Crippen molar-refractivity contribution in [3.63, 3.8) is 0 Å². The fourth-order valence-corrected chi connectivity index (χ4v) is 4.19. The Morgan fingerprint density at radius 3 is 2.50 bits per heavy atom. The Bertz CT molecular complexity index is 843. The van der Waals surface area contributed by atoms with E-state index in [0.717, 1.165) is 12.1 Å². The van der Waals surface area contributed by atoms with Crippen molar-refractivity contribution in [2.45, 2.75) is 31.2 Å². The molecule has 1 saturated heterocycles. The highest BCUT2D eigenvalue weighted by molar-refractivity contribution is 5.97. The molecule has 2 aliphatic rings. The maximum Gasteiger partial charge on any atom is 0.227 e. The highest BCUT2D eigenvalue weighted by atomic mass is 35.5. The third kappa shape index (κ3) is 4.05. The molecular weight excluding hydrogens is 374 g/mol. The van der Waals surface area contributed by atoms with Gasteiger partial charge in [-0.1, -0.05) is 48.5 Å². The average molecular weight is 400 g/mol. The SMILES string of the molecule is Cl.N[C@@H]1CN(C(=O)CCN2C(=O)CCc3ccccc32)C[C@H]1c1ccccc1. The first kappa shape index (κ1) is 20.4. The predicted molar refractivity (Wildman–Crippen MR) is 113 cm³/mol. The number of rotatable bonds is 4. The average Bonchev–Trinajstić information content (AvgIpc) is 3.09. The molecule has 2 aromatic carbocycles. The molecule has 28 heavy (non-hydrogen) atoms. The van der Waals surface area contributed by atoms with Gasteiger partial charge in [0, 0.05) is 50.1 Å². The quantitative estimate of drug-likeness (QED) is 0.859. The fourth-order valence-electron chi connectivity index (χ4n) is 4.19. The van der Waals surface area contributed by atoms with Crippen LogP contribution in [-0.4, -0.2) is 42.4 Å². The smallest absolute Gasteiger partial charge is 0.227 e. The Hall–Kier alpha value is -2.37. The molecule has 0 unspecified atom stereocenters. The van der Waals surface area contributed by atoms with Crippen LogP contribution < -0.4 is 10.6 Å². The fraction of sp³-hybridized carbons (Fsp3) is 0.364. The van der Waals surface area contributed by atoms with E-state index >= 15 is 0 Å². The summed E-state index contributed by atoms with van der Waals surface area (Å²) >= 11 is 0. The number of halogens is 1. The lowest BCUT2D eigenvalue weighted by Crippen LogP contribution is -2.39. The molecule has 6 heteroatoms. The summed E-state index contributed by atoms with van der Waals surface area (Å²) in [6.07, 6.45) is 1.61. The van der Waals surface area contributed by atoms with Crippen molar-refractivity contribution in [3.05, 3.63) is 65.7 Å². The Morgan fingerprint density at radius 2 is 1.71 bits per heavy atom. The van der Waals surface area contributed by atoms with E-state index < -0.39 is 0 Å². The minimum atomic E-state index is -0.0475. The molecule has 2 aromatic rings. The maximum absolute atomic E-state index is 12.8. The highest BCUT2D eigenvalue weighted by Crippen LogP contribution is 2.29. The Balaban J connectivity index is 0.00000225. The number of nitrogens with two attached hydrogens (primary N) is 1. The monoisotopic (exact) mass is 399 g/mol. The van der Waals surface area contributed by atoms with E-state index in [2.05, 4.69) is 18.2 Å². The minimum absolute atomic E-state index is 0. The maximum atomic E-state index is 12.8. The number of carbonyl (C=O) groups excluding carboxylic acids is 2. The van der Waals surface area contributed by atoms with E-state index in [-0.39, 0.29) is 36.2 Å². The summed E-state index contributed by atoms with van der Waals surface area (Å²) in [4.78, 5) is 28.7. The molecule has 4 rings (SSSR count). The van der Waals surface area contributed by atoms with Gasteiger partial charge in [-0.05, 0) is 23.6 Å². The topological polar surface area (TPSA) is 66.6 Å². The molecule has 148 valence electrons. The summed E-state index contributed by atoms with van der Waals surface area (Å²) in [7, 11) is 0. The van der Waals surface area contributed by atoms with Crippen LogP contribution in [0.4, 0.5) is 5.69 Å². The lowest BCUT2D eigenvalue weighted by atomic mass is 9.95. The zero-order valence-electron chi connectivity index (χ0n) is 15.8. The van der Waals surface area contributed by atoms with Gasteiger partial charge in [0.1, 0.15) is 0 Å². The van der Waals surface area contributed by atoms with Gasteiger partial charge in [0.25, 0.3) is 0 Å². The molecule has 0 radical (unpaired) electrons. The molecule has 1 fully saturated rings. The van der Waals surface area contributed by atoms with Crippen LogP contribution in [0.5, 0.6) is 0 Å². The van der Waals surface area contributed by atoms with Gasteiger partial charge in [-0.15, -0.1) is 12.4 Å². The molecule has 2 heterocycles. The first-order valence-electron chi connectivity index (χ1n) is 9.60. The summed E-state index contributed by atoms with van der Waals surface area (Å²) < 4.78 is 0. The first-order chi connectivity index (χ1) is 13.1. The van der Waals surface area contributed by atoms with Crippen molar-refractivity contribution < 1.29 is 9.59 Å². The minimum Gasteiger partial charge on any atom is -0.340 e. The van der Waals surface area contributed by atoms with Crippen LogP contribution in [0.1, 0.15) is 29.9 Å². The molecule has 0 aliphatic carbocycles. The van der Waals surface area contributed by atoms with Gasteiger partial charge in [0.2, 0.25) is 11.8 Å². The van der Waals surface area contributed by atoms with Crippen molar-refractivity contribution in [1.29, 1.82) is 0 Å². The lowest BCUT2D eigenvalue weighted by Gasteiger charge is -2.29. The van der Waals surface area contributed by atoms with Crippen molar-refractivity contribution in [3.8, 4) is 0 Å². The number of amides is 2. The number of anilines is 1. The van der Waals surface area contributed by atoms with Gasteiger partial charge in [-0.3, -0.25) is 9.59 Å². The lowest BCUT2D eigenvalue weighted by molar-refractivity contribution is -0.130. The third-order valence-electron chi connectivity index (χ3n) is 5.69. The normalized spacial score (nSPS) is 21.2. The van der Waals surface area contributed by atoms with E-state index in [1.54, 1.807) is 4.90 Å². The number of aryl methyl sites for hydroxylation is 1. The van der Waals surface area contributed by atoms with Crippen LogP contribution in [0, 0.1) is 0 Å². The molecule has 2 amide bonds.